The summed E-state index contributed by atoms with van der Waals surface area (Å²) in [7, 11) is 0. The summed E-state index contributed by atoms with van der Waals surface area (Å²) in [4.78, 5) is 12.3. The maximum Gasteiger partial charge on any atom is 0.257 e. The number of hydrogen-bond donors (Lipinski definition) is 1. The van der Waals surface area contributed by atoms with Crippen LogP contribution in [0, 0.1) is 0 Å². The van der Waals surface area contributed by atoms with Crippen molar-refractivity contribution >= 4 is 34.8 Å². The number of rotatable bonds is 7. The molecule has 0 aromatic heterocycles. The number of hydrogen-bond acceptors (Lipinski definition) is 2. The smallest absolute Gasteiger partial charge is 0.257 e. The lowest BCUT2D eigenvalue weighted by molar-refractivity contribution is 0.102. The van der Waals surface area contributed by atoms with Crippen LogP contribution in [0.25, 0.3) is 0 Å². The average molecular weight is 400 g/mol. The summed E-state index contributed by atoms with van der Waals surface area (Å²) in [5, 5.41) is 3.62. The summed E-state index contributed by atoms with van der Waals surface area (Å²) in [6, 6.07) is 22.4. The van der Waals surface area contributed by atoms with E-state index in [0.717, 1.165) is 18.6 Å². The van der Waals surface area contributed by atoms with E-state index in [0.29, 0.717) is 27.9 Å². The van der Waals surface area contributed by atoms with Gasteiger partial charge in [-0.15, -0.1) is 0 Å². The minimum Gasteiger partial charge on any atom is -0.494 e. The van der Waals surface area contributed by atoms with Crippen LogP contribution in [0.2, 0.25) is 10.0 Å². The van der Waals surface area contributed by atoms with E-state index in [1.807, 2.05) is 30.3 Å². The molecular weight excluding hydrogens is 381 g/mol. The lowest BCUT2D eigenvalue weighted by Gasteiger charge is -2.09. The second-order valence-electron chi connectivity index (χ2n) is 6.04. The van der Waals surface area contributed by atoms with Crippen LogP contribution >= 0.6 is 23.2 Å². The topological polar surface area (TPSA) is 38.3 Å². The fraction of sp³-hybridized carbons (Fsp3) is 0.136. The molecule has 1 amide bonds. The molecule has 3 aromatic rings. The Hall–Kier alpha value is -2.49. The third kappa shape index (κ3) is 5.75. The zero-order valence-corrected chi connectivity index (χ0v) is 16.1. The Bertz CT molecular complexity index is 896. The van der Waals surface area contributed by atoms with Crippen molar-refractivity contribution in [2.24, 2.45) is 0 Å². The van der Waals surface area contributed by atoms with E-state index in [2.05, 4.69) is 17.4 Å². The fourth-order valence-corrected chi connectivity index (χ4v) is 3.11. The molecule has 0 aliphatic carbocycles. The van der Waals surface area contributed by atoms with Crippen LogP contribution in [-0.4, -0.2) is 12.5 Å². The van der Waals surface area contributed by atoms with Gasteiger partial charge in [-0.2, -0.15) is 0 Å². The molecular formula is C22H19Cl2NO2. The quantitative estimate of drug-likeness (QED) is 0.476. The predicted octanol–water partition coefficient (Wildman–Crippen LogP) is 6.26. The predicted molar refractivity (Wildman–Crippen MR) is 111 cm³/mol. The summed E-state index contributed by atoms with van der Waals surface area (Å²) in [6.07, 6.45) is 1.92. The normalized spacial score (nSPS) is 10.4. The van der Waals surface area contributed by atoms with Crippen molar-refractivity contribution in [1.29, 1.82) is 0 Å². The van der Waals surface area contributed by atoms with Gasteiger partial charge in [-0.1, -0.05) is 53.5 Å². The van der Waals surface area contributed by atoms with Crippen molar-refractivity contribution in [1.82, 2.24) is 0 Å². The minimum absolute atomic E-state index is 0.284. The summed E-state index contributed by atoms with van der Waals surface area (Å²) >= 11 is 11.9. The van der Waals surface area contributed by atoms with Gasteiger partial charge in [0.2, 0.25) is 0 Å². The van der Waals surface area contributed by atoms with Crippen molar-refractivity contribution in [2.75, 3.05) is 11.9 Å². The highest BCUT2D eigenvalue weighted by Gasteiger charge is 2.11. The van der Waals surface area contributed by atoms with Gasteiger partial charge < -0.3 is 10.1 Å². The van der Waals surface area contributed by atoms with Crippen LogP contribution in [0.15, 0.2) is 72.8 Å². The van der Waals surface area contributed by atoms with Crippen LogP contribution in [0.1, 0.15) is 22.3 Å². The monoisotopic (exact) mass is 399 g/mol. The molecule has 3 rings (SSSR count). The minimum atomic E-state index is -0.284. The molecule has 1 N–H and O–H groups in total. The Morgan fingerprint density at radius 1 is 0.926 bits per heavy atom. The summed E-state index contributed by atoms with van der Waals surface area (Å²) in [5.41, 5.74) is 2.35. The van der Waals surface area contributed by atoms with Crippen LogP contribution in [0.3, 0.4) is 0 Å². The third-order valence-corrected chi connectivity index (χ3v) is 4.56. The lowest BCUT2D eigenvalue weighted by atomic mass is 10.1. The lowest BCUT2D eigenvalue weighted by Crippen LogP contribution is -2.12. The van der Waals surface area contributed by atoms with Crippen molar-refractivity contribution in [3.63, 3.8) is 0 Å². The number of aryl methyl sites for hydroxylation is 1. The van der Waals surface area contributed by atoms with Crippen LogP contribution in [-0.2, 0) is 6.42 Å². The molecule has 5 heteroatoms. The summed E-state index contributed by atoms with van der Waals surface area (Å²) in [5.74, 6) is 0.485. The molecule has 0 atom stereocenters. The van der Waals surface area contributed by atoms with E-state index in [4.69, 9.17) is 27.9 Å². The SMILES string of the molecule is O=C(Nc1ccc(OCCCc2ccccc2)cc1)c1ccc(Cl)cc1Cl. The highest BCUT2D eigenvalue weighted by molar-refractivity contribution is 6.37. The molecule has 0 saturated carbocycles. The Labute approximate surface area is 168 Å². The Morgan fingerprint density at radius 3 is 2.37 bits per heavy atom. The first kappa shape index (κ1) is 19.3. The number of anilines is 1. The van der Waals surface area contributed by atoms with Gasteiger partial charge >= 0.3 is 0 Å². The van der Waals surface area contributed by atoms with E-state index >= 15 is 0 Å². The number of nitrogens with one attached hydrogen (secondary N) is 1. The van der Waals surface area contributed by atoms with Gasteiger partial charge in [0.05, 0.1) is 17.2 Å². The molecule has 3 nitrogen and oxygen atoms in total. The van der Waals surface area contributed by atoms with Crippen molar-refractivity contribution < 1.29 is 9.53 Å². The summed E-state index contributed by atoms with van der Waals surface area (Å²) in [6.45, 7) is 0.640. The first-order valence-electron chi connectivity index (χ1n) is 8.65. The van der Waals surface area contributed by atoms with E-state index in [1.54, 1.807) is 30.3 Å². The number of carbonyl (C=O) groups excluding carboxylic acids is 1. The van der Waals surface area contributed by atoms with Gasteiger partial charge in [-0.3, -0.25) is 4.79 Å². The van der Waals surface area contributed by atoms with E-state index in [1.165, 1.54) is 5.56 Å². The maximum absolute atomic E-state index is 12.3. The molecule has 0 bridgehead atoms. The van der Waals surface area contributed by atoms with Crippen LogP contribution in [0.4, 0.5) is 5.69 Å². The highest BCUT2D eigenvalue weighted by Crippen LogP contribution is 2.23. The van der Waals surface area contributed by atoms with Gasteiger partial charge in [0.15, 0.2) is 0 Å². The second kappa shape index (κ2) is 9.45. The summed E-state index contributed by atoms with van der Waals surface area (Å²) < 4.78 is 5.76. The van der Waals surface area contributed by atoms with Gasteiger partial charge in [0.25, 0.3) is 5.91 Å². The van der Waals surface area contributed by atoms with Gasteiger partial charge in [0.1, 0.15) is 5.75 Å². The van der Waals surface area contributed by atoms with Gasteiger partial charge in [-0.05, 0) is 60.9 Å². The molecule has 138 valence electrons. The van der Waals surface area contributed by atoms with E-state index in [-0.39, 0.29) is 5.91 Å². The zero-order valence-electron chi connectivity index (χ0n) is 14.6. The van der Waals surface area contributed by atoms with Crippen LogP contribution < -0.4 is 10.1 Å². The number of amides is 1. The molecule has 0 aliphatic heterocycles. The van der Waals surface area contributed by atoms with E-state index in [9.17, 15) is 4.79 Å². The van der Waals surface area contributed by atoms with Gasteiger partial charge in [-0.25, -0.2) is 0 Å². The van der Waals surface area contributed by atoms with Crippen LogP contribution in [0.5, 0.6) is 5.75 Å². The fourth-order valence-electron chi connectivity index (χ4n) is 2.62. The number of benzene rings is 3. The number of halogens is 2. The highest BCUT2D eigenvalue weighted by atomic mass is 35.5. The second-order valence-corrected chi connectivity index (χ2v) is 6.88. The maximum atomic E-state index is 12.3. The molecule has 0 heterocycles. The van der Waals surface area contributed by atoms with Gasteiger partial charge in [0, 0.05) is 10.7 Å². The molecule has 3 aromatic carbocycles. The van der Waals surface area contributed by atoms with Crippen molar-refractivity contribution in [2.45, 2.75) is 12.8 Å². The standard InChI is InChI=1S/C22H19Cl2NO2/c23-17-8-13-20(21(24)15-17)22(26)25-18-9-11-19(12-10-18)27-14-4-7-16-5-2-1-3-6-16/h1-3,5-6,8-13,15H,4,7,14H2,(H,25,26). The molecule has 0 aliphatic rings. The Kier molecular flexibility index (Phi) is 6.74. The first-order valence-corrected chi connectivity index (χ1v) is 9.40. The Morgan fingerprint density at radius 2 is 1.67 bits per heavy atom. The largest absolute Gasteiger partial charge is 0.494 e. The number of ether oxygens (including phenoxy) is 1. The first-order chi connectivity index (χ1) is 13.1. The van der Waals surface area contributed by atoms with Crippen molar-refractivity contribution in [3.8, 4) is 5.75 Å². The molecule has 27 heavy (non-hydrogen) atoms. The molecule has 0 fully saturated rings. The average Bonchev–Trinajstić information content (AvgIpc) is 2.67. The molecule has 0 unspecified atom stereocenters. The third-order valence-electron chi connectivity index (χ3n) is 4.01. The van der Waals surface area contributed by atoms with Crippen molar-refractivity contribution in [3.05, 3.63) is 94.0 Å². The number of carbonyl (C=O) groups is 1. The molecule has 0 radical (unpaired) electrons. The molecule has 0 spiro atoms. The van der Waals surface area contributed by atoms with E-state index < -0.39 is 0 Å². The Balaban J connectivity index is 1.49. The zero-order chi connectivity index (χ0) is 19.1. The molecule has 0 saturated heterocycles.